The first-order valence-electron chi connectivity index (χ1n) is 7.80. The average Bonchev–Trinajstić information content (AvgIpc) is 2.43. The molecule has 0 heterocycles. The van der Waals surface area contributed by atoms with Crippen molar-refractivity contribution in [3.63, 3.8) is 0 Å². The molecule has 3 heteroatoms. The van der Waals surface area contributed by atoms with Crippen LogP contribution in [0.15, 0.2) is 18.2 Å². The summed E-state index contributed by atoms with van der Waals surface area (Å²) >= 11 is 12.6. The van der Waals surface area contributed by atoms with Crippen molar-refractivity contribution >= 4 is 23.2 Å². The summed E-state index contributed by atoms with van der Waals surface area (Å²) in [7, 11) is 0. The molecule has 0 bridgehead atoms. The van der Waals surface area contributed by atoms with Crippen LogP contribution in [0.1, 0.15) is 52.0 Å². The van der Waals surface area contributed by atoms with Crippen molar-refractivity contribution in [2.45, 2.75) is 58.9 Å². The molecule has 1 N–H and O–H groups in total. The summed E-state index contributed by atoms with van der Waals surface area (Å²) in [6, 6.07) is 6.22. The molecule has 20 heavy (non-hydrogen) atoms. The third-order valence-corrected chi connectivity index (χ3v) is 4.68. The summed E-state index contributed by atoms with van der Waals surface area (Å²) in [4.78, 5) is 0. The van der Waals surface area contributed by atoms with E-state index in [-0.39, 0.29) is 0 Å². The maximum atomic E-state index is 6.31. The minimum Gasteiger partial charge on any atom is -0.314 e. The first-order chi connectivity index (χ1) is 9.63. The molecule has 1 rings (SSSR count). The highest BCUT2D eigenvalue weighted by Gasteiger charge is 2.21. The number of likely N-dealkylation sites (N-methyl/N-ethyl adjacent to an activating group) is 1. The van der Waals surface area contributed by atoms with Crippen molar-refractivity contribution in [3.8, 4) is 0 Å². The van der Waals surface area contributed by atoms with Gasteiger partial charge in [0.1, 0.15) is 0 Å². The van der Waals surface area contributed by atoms with Crippen molar-refractivity contribution in [1.29, 1.82) is 0 Å². The summed E-state index contributed by atoms with van der Waals surface area (Å²) in [5.74, 6) is 0.683. The van der Waals surface area contributed by atoms with E-state index in [1.165, 1.54) is 25.7 Å². The second kappa shape index (κ2) is 9.65. The first kappa shape index (κ1) is 17.8. The van der Waals surface area contributed by atoms with Crippen LogP contribution in [0.3, 0.4) is 0 Å². The minimum atomic E-state index is 0.453. The Hall–Kier alpha value is -0.240. The lowest BCUT2D eigenvalue weighted by Gasteiger charge is -2.28. The lowest BCUT2D eigenvalue weighted by atomic mass is 9.87. The summed E-state index contributed by atoms with van der Waals surface area (Å²) in [5, 5.41) is 5.19. The molecule has 0 amide bonds. The van der Waals surface area contributed by atoms with Gasteiger partial charge in [0.25, 0.3) is 0 Å². The molecule has 0 aliphatic heterocycles. The zero-order valence-corrected chi connectivity index (χ0v) is 14.4. The Morgan fingerprint density at radius 2 is 1.75 bits per heavy atom. The van der Waals surface area contributed by atoms with Crippen molar-refractivity contribution in [2.24, 2.45) is 5.92 Å². The zero-order chi connectivity index (χ0) is 15.0. The molecule has 0 aliphatic rings. The van der Waals surface area contributed by atoms with Crippen LogP contribution in [0.25, 0.3) is 0 Å². The van der Waals surface area contributed by atoms with Crippen LogP contribution in [0.5, 0.6) is 0 Å². The molecule has 2 unspecified atom stereocenters. The fraction of sp³-hybridized carbons (Fsp3) is 0.647. The van der Waals surface area contributed by atoms with Crippen molar-refractivity contribution in [2.75, 3.05) is 6.54 Å². The quantitative estimate of drug-likeness (QED) is 0.613. The summed E-state index contributed by atoms with van der Waals surface area (Å²) in [6.07, 6.45) is 5.92. The van der Waals surface area contributed by atoms with Crippen LogP contribution >= 0.6 is 23.2 Å². The second-order valence-corrected chi connectivity index (χ2v) is 6.19. The van der Waals surface area contributed by atoms with Crippen LogP contribution in [0.4, 0.5) is 0 Å². The lowest BCUT2D eigenvalue weighted by Crippen LogP contribution is -2.38. The van der Waals surface area contributed by atoms with Crippen LogP contribution < -0.4 is 5.32 Å². The Morgan fingerprint density at radius 3 is 2.25 bits per heavy atom. The van der Waals surface area contributed by atoms with Crippen molar-refractivity contribution in [3.05, 3.63) is 33.8 Å². The van der Waals surface area contributed by atoms with Gasteiger partial charge < -0.3 is 5.32 Å². The number of unbranched alkanes of at least 4 members (excludes halogenated alkanes) is 1. The molecule has 1 aromatic carbocycles. The Morgan fingerprint density at radius 1 is 1.10 bits per heavy atom. The second-order valence-electron chi connectivity index (χ2n) is 5.38. The van der Waals surface area contributed by atoms with Crippen LogP contribution in [0, 0.1) is 5.92 Å². The van der Waals surface area contributed by atoms with Gasteiger partial charge in [-0.25, -0.2) is 0 Å². The molecule has 0 aromatic heterocycles. The van der Waals surface area contributed by atoms with Crippen LogP contribution in [-0.2, 0) is 6.42 Å². The van der Waals surface area contributed by atoms with E-state index in [1.54, 1.807) is 0 Å². The SMILES string of the molecule is CCCCC(CC)C(Cc1c(Cl)cccc1Cl)NCC. The molecule has 1 aromatic rings. The van der Waals surface area contributed by atoms with E-state index >= 15 is 0 Å². The normalized spacial score (nSPS) is 14.2. The van der Waals surface area contributed by atoms with Gasteiger partial charge in [-0.1, -0.05) is 69.3 Å². The molecule has 0 saturated carbocycles. The van der Waals surface area contributed by atoms with Gasteiger partial charge in [-0.2, -0.15) is 0 Å². The smallest absolute Gasteiger partial charge is 0.0453 e. The summed E-state index contributed by atoms with van der Waals surface area (Å²) in [5.41, 5.74) is 1.08. The largest absolute Gasteiger partial charge is 0.314 e. The van der Waals surface area contributed by atoms with Gasteiger partial charge in [-0.05, 0) is 43.0 Å². The highest BCUT2D eigenvalue weighted by atomic mass is 35.5. The van der Waals surface area contributed by atoms with E-state index < -0.39 is 0 Å². The van der Waals surface area contributed by atoms with Gasteiger partial charge in [0.2, 0.25) is 0 Å². The molecule has 1 nitrogen and oxygen atoms in total. The van der Waals surface area contributed by atoms with E-state index in [0.717, 1.165) is 28.6 Å². The first-order valence-corrected chi connectivity index (χ1v) is 8.55. The topological polar surface area (TPSA) is 12.0 Å². The summed E-state index contributed by atoms with van der Waals surface area (Å²) in [6.45, 7) is 7.67. The van der Waals surface area contributed by atoms with Gasteiger partial charge in [0, 0.05) is 16.1 Å². The zero-order valence-electron chi connectivity index (χ0n) is 12.9. The number of hydrogen-bond donors (Lipinski definition) is 1. The molecule has 0 spiro atoms. The van der Waals surface area contributed by atoms with Crippen LogP contribution in [0.2, 0.25) is 10.0 Å². The maximum absolute atomic E-state index is 6.31. The van der Waals surface area contributed by atoms with Gasteiger partial charge in [-0.3, -0.25) is 0 Å². The highest BCUT2D eigenvalue weighted by molar-refractivity contribution is 6.36. The number of benzene rings is 1. The lowest BCUT2D eigenvalue weighted by molar-refractivity contribution is 0.319. The van der Waals surface area contributed by atoms with E-state index in [4.69, 9.17) is 23.2 Å². The fourth-order valence-electron chi connectivity index (χ4n) is 2.77. The Kier molecular flexibility index (Phi) is 8.60. The monoisotopic (exact) mass is 315 g/mol. The van der Waals surface area contributed by atoms with Gasteiger partial charge >= 0.3 is 0 Å². The molecule has 0 fully saturated rings. The van der Waals surface area contributed by atoms with Gasteiger partial charge in [0.05, 0.1) is 0 Å². The molecule has 114 valence electrons. The van der Waals surface area contributed by atoms with E-state index in [2.05, 4.69) is 26.1 Å². The minimum absolute atomic E-state index is 0.453. The van der Waals surface area contributed by atoms with Crippen molar-refractivity contribution < 1.29 is 0 Å². The molecular weight excluding hydrogens is 289 g/mol. The maximum Gasteiger partial charge on any atom is 0.0453 e. The van der Waals surface area contributed by atoms with Gasteiger partial charge in [0.15, 0.2) is 0 Å². The standard InChI is InChI=1S/C17H27Cl2N/c1-4-7-9-13(5-2)17(20-6-3)12-14-15(18)10-8-11-16(14)19/h8,10-11,13,17,20H,4-7,9,12H2,1-3H3. The molecule has 0 radical (unpaired) electrons. The number of halogens is 2. The third-order valence-electron chi connectivity index (χ3n) is 3.97. The Labute approximate surface area is 134 Å². The Bertz CT molecular complexity index is 372. The van der Waals surface area contributed by atoms with Gasteiger partial charge in [-0.15, -0.1) is 0 Å². The fourth-order valence-corrected chi connectivity index (χ4v) is 3.32. The average molecular weight is 316 g/mol. The molecule has 0 aliphatic carbocycles. The number of hydrogen-bond acceptors (Lipinski definition) is 1. The number of rotatable bonds is 9. The molecule has 2 atom stereocenters. The predicted molar refractivity (Wildman–Crippen MR) is 90.9 cm³/mol. The van der Waals surface area contributed by atoms with E-state index in [0.29, 0.717) is 12.0 Å². The van der Waals surface area contributed by atoms with E-state index in [1.807, 2.05) is 18.2 Å². The number of nitrogens with one attached hydrogen (secondary N) is 1. The summed E-state index contributed by atoms with van der Waals surface area (Å²) < 4.78 is 0. The Balaban J connectivity index is 2.84. The molecular formula is C17H27Cl2N. The highest BCUT2D eigenvalue weighted by Crippen LogP contribution is 2.28. The van der Waals surface area contributed by atoms with E-state index in [9.17, 15) is 0 Å². The predicted octanol–water partition coefficient (Wildman–Crippen LogP) is 5.73. The third kappa shape index (κ3) is 5.27. The molecule has 0 saturated heterocycles. The van der Waals surface area contributed by atoms with Crippen molar-refractivity contribution in [1.82, 2.24) is 5.32 Å². The van der Waals surface area contributed by atoms with Crippen LogP contribution in [-0.4, -0.2) is 12.6 Å².